The van der Waals surface area contributed by atoms with Crippen molar-refractivity contribution in [3.05, 3.63) is 46.2 Å². The van der Waals surface area contributed by atoms with Gasteiger partial charge in [0.1, 0.15) is 4.99 Å². The number of hydrogen-bond donors (Lipinski definition) is 2. The maximum Gasteiger partial charge on any atom is 0.107 e. The highest BCUT2D eigenvalue weighted by molar-refractivity contribution is 7.98. The van der Waals surface area contributed by atoms with E-state index in [4.69, 9.17) is 18.0 Å². The average Bonchev–Trinajstić information content (AvgIpc) is 2.99. The number of thioether (sulfide) groups is 1. The standard InChI is InChI=1S/C16H20N2S3/c1-16(2,13-8-5-9-21-13)10-18-11-6-4-7-12(20-3)14(11)15(17)19/h4-9,18H,10H2,1-3H3,(H2,17,19). The van der Waals surface area contributed by atoms with Crippen molar-refractivity contribution in [2.45, 2.75) is 24.2 Å². The van der Waals surface area contributed by atoms with E-state index in [1.54, 1.807) is 23.1 Å². The maximum absolute atomic E-state index is 5.91. The van der Waals surface area contributed by atoms with Gasteiger partial charge in [-0.1, -0.05) is 38.2 Å². The molecule has 1 aromatic heterocycles. The van der Waals surface area contributed by atoms with Crippen molar-refractivity contribution >= 4 is 46.0 Å². The lowest BCUT2D eigenvalue weighted by atomic mass is 9.91. The van der Waals surface area contributed by atoms with Gasteiger partial charge in [0.05, 0.1) is 0 Å². The summed E-state index contributed by atoms with van der Waals surface area (Å²) in [6.07, 6.45) is 2.04. The minimum atomic E-state index is 0.0665. The molecule has 0 radical (unpaired) electrons. The van der Waals surface area contributed by atoms with Gasteiger partial charge in [0.25, 0.3) is 0 Å². The minimum Gasteiger partial charge on any atom is -0.389 e. The molecule has 0 aliphatic rings. The van der Waals surface area contributed by atoms with Crippen LogP contribution in [0.2, 0.25) is 0 Å². The van der Waals surface area contributed by atoms with Crippen LogP contribution < -0.4 is 11.1 Å². The summed E-state index contributed by atoms with van der Waals surface area (Å²) in [7, 11) is 0. The molecular formula is C16H20N2S3. The summed E-state index contributed by atoms with van der Waals surface area (Å²) < 4.78 is 0. The largest absolute Gasteiger partial charge is 0.389 e. The maximum atomic E-state index is 5.91. The SMILES string of the molecule is CSc1cccc(NCC(C)(C)c2cccs2)c1C(N)=S. The molecule has 0 spiro atoms. The van der Waals surface area contributed by atoms with Crippen molar-refractivity contribution in [3.8, 4) is 0 Å². The van der Waals surface area contributed by atoms with E-state index in [0.717, 1.165) is 22.7 Å². The van der Waals surface area contributed by atoms with Crippen molar-refractivity contribution in [1.29, 1.82) is 0 Å². The van der Waals surface area contributed by atoms with Gasteiger partial charge >= 0.3 is 0 Å². The molecule has 112 valence electrons. The van der Waals surface area contributed by atoms with Gasteiger partial charge in [-0.25, -0.2) is 0 Å². The second-order valence-corrected chi connectivity index (χ2v) is 7.70. The normalized spacial score (nSPS) is 11.4. The summed E-state index contributed by atoms with van der Waals surface area (Å²) in [4.78, 5) is 2.92. The Morgan fingerprint density at radius 3 is 2.67 bits per heavy atom. The lowest BCUT2D eigenvalue weighted by molar-refractivity contribution is 0.569. The van der Waals surface area contributed by atoms with E-state index in [9.17, 15) is 0 Å². The molecule has 0 bridgehead atoms. The molecule has 1 aromatic carbocycles. The second kappa shape index (κ2) is 6.81. The van der Waals surface area contributed by atoms with Gasteiger partial charge in [0, 0.05) is 33.0 Å². The Morgan fingerprint density at radius 2 is 2.10 bits per heavy atom. The van der Waals surface area contributed by atoms with Crippen molar-refractivity contribution in [3.63, 3.8) is 0 Å². The zero-order chi connectivity index (χ0) is 15.5. The first-order valence-corrected chi connectivity index (χ1v) is 9.21. The van der Waals surface area contributed by atoms with E-state index >= 15 is 0 Å². The molecule has 0 amide bonds. The number of hydrogen-bond acceptors (Lipinski definition) is 4. The summed E-state index contributed by atoms with van der Waals surface area (Å²) in [5, 5.41) is 5.64. The Labute approximate surface area is 140 Å². The highest BCUT2D eigenvalue weighted by Crippen LogP contribution is 2.31. The van der Waals surface area contributed by atoms with Crippen molar-refractivity contribution in [2.24, 2.45) is 5.73 Å². The molecule has 0 unspecified atom stereocenters. The van der Waals surface area contributed by atoms with Crippen LogP contribution >= 0.6 is 35.3 Å². The van der Waals surface area contributed by atoms with E-state index in [-0.39, 0.29) is 5.41 Å². The first-order chi connectivity index (χ1) is 9.95. The van der Waals surface area contributed by atoms with Gasteiger partial charge in [-0.3, -0.25) is 0 Å². The molecule has 0 fully saturated rings. The Morgan fingerprint density at radius 1 is 1.33 bits per heavy atom. The third-order valence-electron chi connectivity index (χ3n) is 3.40. The van der Waals surface area contributed by atoms with Crippen LogP contribution in [0.1, 0.15) is 24.3 Å². The number of benzene rings is 1. The van der Waals surface area contributed by atoms with Gasteiger partial charge in [0.15, 0.2) is 0 Å². The zero-order valence-corrected chi connectivity index (χ0v) is 14.9. The average molecular weight is 337 g/mol. The predicted molar refractivity (Wildman–Crippen MR) is 99.9 cm³/mol. The fourth-order valence-corrected chi connectivity index (χ4v) is 3.94. The lowest BCUT2D eigenvalue weighted by Gasteiger charge is -2.25. The third-order valence-corrected chi connectivity index (χ3v) is 5.62. The molecule has 0 saturated heterocycles. The van der Waals surface area contributed by atoms with Crippen molar-refractivity contribution in [2.75, 3.05) is 18.1 Å². The van der Waals surface area contributed by atoms with Gasteiger partial charge in [0.2, 0.25) is 0 Å². The fourth-order valence-electron chi connectivity index (χ4n) is 2.17. The number of rotatable bonds is 6. The molecule has 21 heavy (non-hydrogen) atoms. The Bertz CT molecular complexity index is 618. The van der Waals surface area contributed by atoms with E-state index in [1.165, 1.54) is 4.88 Å². The highest BCUT2D eigenvalue weighted by Gasteiger charge is 2.22. The monoisotopic (exact) mass is 336 g/mol. The molecule has 3 N–H and O–H groups in total. The summed E-state index contributed by atoms with van der Waals surface area (Å²) in [5.41, 5.74) is 7.93. The number of thiocarbonyl (C=S) groups is 1. The van der Waals surface area contributed by atoms with Crippen LogP contribution in [0.3, 0.4) is 0 Å². The van der Waals surface area contributed by atoms with Crippen LogP contribution in [0.5, 0.6) is 0 Å². The Kier molecular flexibility index (Phi) is 5.30. The fraction of sp³-hybridized carbons (Fsp3) is 0.312. The lowest BCUT2D eigenvalue weighted by Crippen LogP contribution is -2.27. The van der Waals surface area contributed by atoms with Crippen LogP contribution in [-0.4, -0.2) is 17.8 Å². The summed E-state index contributed by atoms with van der Waals surface area (Å²) in [6, 6.07) is 10.4. The van der Waals surface area contributed by atoms with Crippen LogP contribution in [0, 0.1) is 0 Å². The van der Waals surface area contributed by atoms with Gasteiger partial charge in [-0.2, -0.15) is 0 Å². The Hall–Kier alpha value is -1.04. The molecule has 0 aliphatic carbocycles. The van der Waals surface area contributed by atoms with Gasteiger partial charge in [-0.05, 0) is 29.8 Å². The van der Waals surface area contributed by atoms with Crippen LogP contribution in [0.15, 0.2) is 40.6 Å². The van der Waals surface area contributed by atoms with Crippen LogP contribution in [0.4, 0.5) is 5.69 Å². The first-order valence-electron chi connectivity index (χ1n) is 6.70. The molecule has 0 saturated carbocycles. The first kappa shape index (κ1) is 16.3. The molecule has 0 atom stereocenters. The predicted octanol–water partition coefficient (Wildman–Crippen LogP) is 4.49. The molecule has 2 nitrogen and oxygen atoms in total. The van der Waals surface area contributed by atoms with Gasteiger partial charge < -0.3 is 11.1 Å². The van der Waals surface area contributed by atoms with E-state index in [1.807, 2.05) is 18.4 Å². The van der Waals surface area contributed by atoms with E-state index in [0.29, 0.717) is 4.99 Å². The Balaban J connectivity index is 2.22. The van der Waals surface area contributed by atoms with Crippen LogP contribution in [-0.2, 0) is 5.41 Å². The summed E-state index contributed by atoms with van der Waals surface area (Å²) >= 11 is 8.67. The van der Waals surface area contributed by atoms with E-state index in [2.05, 4.69) is 42.7 Å². The number of thiophene rings is 1. The van der Waals surface area contributed by atoms with Crippen molar-refractivity contribution < 1.29 is 0 Å². The molecule has 5 heteroatoms. The summed E-state index contributed by atoms with van der Waals surface area (Å²) in [6.45, 7) is 5.32. The molecule has 2 rings (SSSR count). The summed E-state index contributed by atoms with van der Waals surface area (Å²) in [5.74, 6) is 0. The quantitative estimate of drug-likeness (QED) is 0.602. The molecular weight excluding hydrogens is 316 g/mol. The van der Waals surface area contributed by atoms with Crippen LogP contribution in [0.25, 0.3) is 0 Å². The topological polar surface area (TPSA) is 38.0 Å². The highest BCUT2D eigenvalue weighted by atomic mass is 32.2. The molecule has 2 aromatic rings. The molecule has 0 aliphatic heterocycles. The third kappa shape index (κ3) is 3.78. The smallest absolute Gasteiger partial charge is 0.107 e. The number of nitrogens with two attached hydrogens (primary N) is 1. The number of nitrogens with one attached hydrogen (secondary N) is 1. The zero-order valence-electron chi connectivity index (χ0n) is 12.5. The van der Waals surface area contributed by atoms with Gasteiger partial charge in [-0.15, -0.1) is 23.1 Å². The van der Waals surface area contributed by atoms with Crippen molar-refractivity contribution in [1.82, 2.24) is 0 Å². The molecule has 1 heterocycles. The minimum absolute atomic E-state index is 0.0665. The second-order valence-electron chi connectivity index (χ2n) is 5.46. The number of anilines is 1. The van der Waals surface area contributed by atoms with E-state index < -0.39 is 0 Å².